The minimum atomic E-state index is -4.06. The molecule has 0 aromatic carbocycles. The summed E-state index contributed by atoms with van der Waals surface area (Å²) in [4.78, 5) is 10.9. The van der Waals surface area contributed by atoms with E-state index in [9.17, 15) is 13.2 Å². The van der Waals surface area contributed by atoms with Gasteiger partial charge in [0.25, 0.3) is 16.0 Å². The van der Waals surface area contributed by atoms with Crippen LogP contribution >= 0.6 is 0 Å². The molecule has 6 N–H and O–H groups in total. The normalized spacial score (nSPS) is 12.6. The lowest BCUT2D eigenvalue weighted by molar-refractivity contribution is -0.125. The van der Waals surface area contributed by atoms with Crippen molar-refractivity contribution in [2.75, 3.05) is 12.3 Å². The number of rotatable bonds is 4. The van der Waals surface area contributed by atoms with E-state index < -0.39 is 27.4 Å². The summed E-state index contributed by atoms with van der Waals surface area (Å²) in [5.41, 5.74) is 8.82. The smallest absolute Gasteiger partial charge is 0.266 e. The first-order valence-corrected chi connectivity index (χ1v) is 5.05. The predicted molar refractivity (Wildman–Crippen MR) is 46.2 cm³/mol. The summed E-state index contributed by atoms with van der Waals surface area (Å²) in [6.07, 6.45) is 0. The van der Waals surface area contributed by atoms with E-state index in [4.69, 9.17) is 16.0 Å². The summed E-state index contributed by atoms with van der Waals surface area (Å²) < 4.78 is 28.7. The van der Waals surface area contributed by atoms with Crippen molar-refractivity contribution in [3.8, 4) is 0 Å². The van der Waals surface area contributed by atoms with Crippen LogP contribution in [0.15, 0.2) is 0 Å². The number of hydrogen-bond acceptors (Lipinski definition) is 5. The lowest BCUT2D eigenvalue weighted by Crippen LogP contribution is -2.59. The third-order valence-electron chi connectivity index (χ3n) is 1.13. The van der Waals surface area contributed by atoms with Crippen LogP contribution in [0.3, 0.4) is 0 Å². The molecule has 0 spiro atoms. The van der Waals surface area contributed by atoms with Crippen molar-refractivity contribution in [3.05, 3.63) is 0 Å². The van der Waals surface area contributed by atoms with Gasteiger partial charge in [-0.05, 0) is 6.92 Å². The molecular weight excluding hydrogens is 198 g/mol. The monoisotopic (exact) mass is 211 g/mol. The maximum atomic E-state index is 10.9. The molecule has 0 atom stereocenters. The first kappa shape index (κ1) is 12.3. The van der Waals surface area contributed by atoms with Crippen LogP contribution in [-0.2, 0) is 14.9 Å². The van der Waals surface area contributed by atoms with Gasteiger partial charge >= 0.3 is 0 Å². The standard InChI is InChI=1S/C5H13N3O4S/c1-5(6,7)4(9)8-2-3-13(10,11)12/h2-3,6-7H2,1H3,(H,8,9)(H,10,11,12). The highest BCUT2D eigenvalue weighted by molar-refractivity contribution is 7.85. The van der Waals surface area contributed by atoms with Crippen molar-refractivity contribution >= 4 is 16.0 Å². The fourth-order valence-corrected chi connectivity index (χ4v) is 0.844. The molecule has 78 valence electrons. The molecule has 0 heterocycles. The van der Waals surface area contributed by atoms with E-state index in [-0.39, 0.29) is 6.54 Å². The second-order valence-electron chi connectivity index (χ2n) is 2.82. The van der Waals surface area contributed by atoms with Crippen LogP contribution in [0.4, 0.5) is 0 Å². The molecule has 0 aromatic heterocycles. The van der Waals surface area contributed by atoms with Crippen LogP contribution in [0, 0.1) is 0 Å². The molecule has 0 fully saturated rings. The Labute approximate surface area is 76.2 Å². The zero-order chi connectivity index (χ0) is 10.7. The Hall–Kier alpha value is -0.700. The topological polar surface area (TPSA) is 136 Å². The number of nitrogens with two attached hydrogens (primary N) is 2. The van der Waals surface area contributed by atoms with E-state index in [1.165, 1.54) is 6.92 Å². The number of carbonyl (C=O) groups is 1. The van der Waals surface area contributed by atoms with E-state index in [1.54, 1.807) is 0 Å². The minimum Gasteiger partial charge on any atom is -0.352 e. The van der Waals surface area contributed by atoms with Crippen molar-refractivity contribution in [1.29, 1.82) is 0 Å². The molecule has 0 unspecified atom stereocenters. The molecule has 0 aliphatic heterocycles. The Morgan fingerprint density at radius 2 is 2.00 bits per heavy atom. The van der Waals surface area contributed by atoms with Crippen LogP contribution in [-0.4, -0.2) is 36.8 Å². The van der Waals surface area contributed by atoms with Crippen molar-refractivity contribution < 1.29 is 17.8 Å². The third-order valence-corrected chi connectivity index (χ3v) is 1.85. The summed E-state index contributed by atoms with van der Waals surface area (Å²) in [6, 6.07) is 0. The van der Waals surface area contributed by atoms with Crippen LogP contribution in [0.2, 0.25) is 0 Å². The summed E-state index contributed by atoms with van der Waals surface area (Å²) in [5, 5.41) is 2.15. The van der Waals surface area contributed by atoms with Gasteiger partial charge in [0.15, 0.2) is 0 Å². The van der Waals surface area contributed by atoms with Gasteiger partial charge in [0.1, 0.15) is 5.66 Å². The summed E-state index contributed by atoms with van der Waals surface area (Å²) in [6.45, 7) is 1.05. The molecule has 1 amide bonds. The van der Waals surface area contributed by atoms with Gasteiger partial charge in [0, 0.05) is 6.54 Å². The molecule has 8 heteroatoms. The van der Waals surface area contributed by atoms with E-state index in [2.05, 4.69) is 5.32 Å². The van der Waals surface area contributed by atoms with Crippen molar-refractivity contribution in [1.82, 2.24) is 5.32 Å². The van der Waals surface area contributed by atoms with Crippen molar-refractivity contribution in [3.63, 3.8) is 0 Å². The molecule has 0 aromatic rings. The van der Waals surface area contributed by atoms with Gasteiger partial charge in [-0.3, -0.25) is 9.35 Å². The summed E-state index contributed by atoms with van der Waals surface area (Å²) in [7, 11) is -4.06. The lowest BCUT2D eigenvalue weighted by atomic mass is 10.2. The third kappa shape index (κ3) is 6.46. The van der Waals surface area contributed by atoms with Gasteiger partial charge in [-0.1, -0.05) is 0 Å². The molecule has 7 nitrogen and oxygen atoms in total. The molecule has 0 bridgehead atoms. The summed E-state index contributed by atoms with van der Waals surface area (Å²) >= 11 is 0. The maximum absolute atomic E-state index is 10.9. The van der Waals surface area contributed by atoms with Crippen molar-refractivity contribution in [2.45, 2.75) is 12.6 Å². The predicted octanol–water partition coefficient (Wildman–Crippen LogP) is -2.38. The van der Waals surface area contributed by atoms with Gasteiger partial charge < -0.3 is 16.8 Å². The second-order valence-corrected chi connectivity index (χ2v) is 4.40. The van der Waals surface area contributed by atoms with Gasteiger partial charge in [-0.25, -0.2) is 0 Å². The first-order chi connectivity index (χ1) is 5.63. The molecule has 0 radical (unpaired) electrons. The van der Waals surface area contributed by atoms with E-state index in [1.807, 2.05) is 0 Å². The van der Waals surface area contributed by atoms with Crippen molar-refractivity contribution in [2.24, 2.45) is 11.5 Å². The second kappa shape index (κ2) is 4.01. The molecule has 0 saturated heterocycles. The van der Waals surface area contributed by atoms with E-state index in [0.29, 0.717) is 0 Å². The van der Waals surface area contributed by atoms with Crippen LogP contribution in [0.25, 0.3) is 0 Å². The Balaban J connectivity index is 3.87. The van der Waals surface area contributed by atoms with Gasteiger partial charge in [-0.15, -0.1) is 0 Å². The summed E-state index contributed by atoms with van der Waals surface area (Å²) in [5.74, 6) is -1.24. The molecule has 0 rings (SSSR count). The fourth-order valence-electron chi connectivity index (χ4n) is 0.484. The van der Waals surface area contributed by atoms with Crippen LogP contribution < -0.4 is 16.8 Å². The highest BCUT2D eigenvalue weighted by Crippen LogP contribution is 1.87. The Kier molecular flexibility index (Phi) is 3.79. The highest BCUT2D eigenvalue weighted by atomic mass is 32.2. The van der Waals surface area contributed by atoms with Gasteiger partial charge in [-0.2, -0.15) is 8.42 Å². The number of carbonyl (C=O) groups excluding carboxylic acids is 1. The maximum Gasteiger partial charge on any atom is 0.266 e. The number of amides is 1. The lowest BCUT2D eigenvalue weighted by Gasteiger charge is -2.17. The largest absolute Gasteiger partial charge is 0.352 e. The minimum absolute atomic E-state index is 0.221. The number of nitrogens with one attached hydrogen (secondary N) is 1. The van der Waals surface area contributed by atoms with Gasteiger partial charge in [0.2, 0.25) is 0 Å². The average Bonchev–Trinajstić information content (AvgIpc) is 1.82. The number of hydrogen-bond donors (Lipinski definition) is 4. The Morgan fingerprint density at radius 1 is 1.54 bits per heavy atom. The Bertz CT molecular complexity index is 279. The van der Waals surface area contributed by atoms with E-state index in [0.717, 1.165) is 0 Å². The molecule has 0 saturated carbocycles. The quantitative estimate of drug-likeness (QED) is 0.303. The SMILES string of the molecule is CC(N)(N)C(=O)NCCS(=O)(=O)O. The van der Waals surface area contributed by atoms with Crippen LogP contribution in [0.5, 0.6) is 0 Å². The zero-order valence-corrected chi connectivity index (χ0v) is 7.97. The zero-order valence-electron chi connectivity index (χ0n) is 7.15. The van der Waals surface area contributed by atoms with E-state index >= 15 is 0 Å². The molecule has 0 aliphatic carbocycles. The Morgan fingerprint density at radius 3 is 2.31 bits per heavy atom. The average molecular weight is 211 g/mol. The first-order valence-electron chi connectivity index (χ1n) is 3.44. The fraction of sp³-hybridized carbons (Fsp3) is 0.800. The highest BCUT2D eigenvalue weighted by Gasteiger charge is 2.22. The molecule has 13 heavy (non-hydrogen) atoms. The van der Waals surface area contributed by atoms with Gasteiger partial charge in [0.05, 0.1) is 5.75 Å². The molecule has 0 aliphatic rings. The van der Waals surface area contributed by atoms with Crippen LogP contribution in [0.1, 0.15) is 6.92 Å². The molecular formula is C5H13N3O4S.